The zero-order chi connectivity index (χ0) is 24.1. The molecule has 0 radical (unpaired) electrons. The van der Waals surface area contributed by atoms with E-state index in [0.717, 1.165) is 22.2 Å². The summed E-state index contributed by atoms with van der Waals surface area (Å²) in [6.45, 7) is 6.75. The smallest absolute Gasteiger partial charge is 0.162 e. The third-order valence-electron chi connectivity index (χ3n) is 5.60. The van der Waals surface area contributed by atoms with E-state index in [1.807, 2.05) is 44.0 Å². The Labute approximate surface area is 199 Å². The molecule has 1 unspecified atom stereocenters. The van der Waals surface area contributed by atoms with Gasteiger partial charge in [0, 0.05) is 35.3 Å². The number of nitrogens with zero attached hydrogens (tertiary/aromatic N) is 3. The molecule has 1 atom stereocenters. The van der Waals surface area contributed by atoms with Gasteiger partial charge in [0.15, 0.2) is 11.5 Å². The van der Waals surface area contributed by atoms with Crippen LogP contribution in [0.2, 0.25) is 5.02 Å². The molecule has 0 bridgehead atoms. The van der Waals surface area contributed by atoms with Crippen LogP contribution in [0.5, 0.6) is 11.5 Å². The summed E-state index contributed by atoms with van der Waals surface area (Å²) in [7, 11) is 3.50. The molecular formula is C24H30ClN5O3. The standard InChI is InChI=1S/C24H30ClN5O3/c1-14-8-17(12-30(4)15(2)16(3)31)20(10-19(14)25)29-24-18-9-23(33-7-6-26)22(32-5)11-21(18)27-13-28-24/h8-11,13,15H,6-7,12,26H2,1-5H3,(H,27,28,29). The maximum absolute atomic E-state index is 11.9. The van der Waals surface area contributed by atoms with Crippen molar-refractivity contribution < 1.29 is 14.3 Å². The number of methoxy groups -OCH3 is 1. The van der Waals surface area contributed by atoms with Crippen LogP contribution in [-0.4, -0.2) is 54.0 Å². The minimum atomic E-state index is -0.205. The molecule has 8 nitrogen and oxygen atoms in total. The summed E-state index contributed by atoms with van der Waals surface area (Å²) in [5.74, 6) is 1.84. The number of hydrogen-bond acceptors (Lipinski definition) is 8. The van der Waals surface area contributed by atoms with Gasteiger partial charge in [-0.1, -0.05) is 17.7 Å². The predicted octanol–water partition coefficient (Wildman–Crippen LogP) is 4.09. The molecule has 0 aliphatic carbocycles. The Bertz CT molecular complexity index is 1150. The van der Waals surface area contributed by atoms with E-state index >= 15 is 0 Å². The number of Topliss-reactive ketones (excluding diaryl/α,β-unsaturated/α-hetero) is 1. The van der Waals surface area contributed by atoms with E-state index in [9.17, 15) is 4.79 Å². The normalized spacial score (nSPS) is 12.1. The Balaban J connectivity index is 2.04. The molecule has 0 saturated heterocycles. The summed E-state index contributed by atoms with van der Waals surface area (Å²) in [5, 5.41) is 4.81. The number of aryl methyl sites for hydroxylation is 1. The van der Waals surface area contributed by atoms with Crippen molar-refractivity contribution in [3.05, 3.63) is 46.7 Å². The lowest BCUT2D eigenvalue weighted by molar-refractivity contribution is -0.121. The maximum atomic E-state index is 11.9. The van der Waals surface area contributed by atoms with Gasteiger partial charge in [0.1, 0.15) is 24.5 Å². The zero-order valence-electron chi connectivity index (χ0n) is 19.6. The highest BCUT2D eigenvalue weighted by Gasteiger charge is 2.18. The van der Waals surface area contributed by atoms with Crippen molar-refractivity contribution in [2.75, 3.05) is 32.6 Å². The lowest BCUT2D eigenvalue weighted by atomic mass is 10.1. The number of hydrogen-bond donors (Lipinski definition) is 2. The van der Waals surface area contributed by atoms with Crippen LogP contribution in [0.3, 0.4) is 0 Å². The molecule has 0 aliphatic rings. The Kier molecular flexibility index (Phi) is 8.07. The molecule has 0 spiro atoms. The first kappa shape index (κ1) is 24.7. The number of carbonyl (C=O) groups excluding carboxylic acids is 1. The Morgan fingerprint density at radius 1 is 1.24 bits per heavy atom. The van der Waals surface area contributed by atoms with Crippen molar-refractivity contribution in [2.45, 2.75) is 33.4 Å². The van der Waals surface area contributed by atoms with Gasteiger partial charge in [-0.2, -0.15) is 0 Å². The fraction of sp³-hybridized carbons (Fsp3) is 0.375. The lowest BCUT2D eigenvalue weighted by Gasteiger charge is -2.24. The van der Waals surface area contributed by atoms with Crippen LogP contribution in [-0.2, 0) is 11.3 Å². The Morgan fingerprint density at radius 2 is 2.00 bits per heavy atom. The molecule has 0 aliphatic heterocycles. The van der Waals surface area contributed by atoms with Gasteiger partial charge in [0.2, 0.25) is 0 Å². The predicted molar refractivity (Wildman–Crippen MR) is 132 cm³/mol. The van der Waals surface area contributed by atoms with Crippen molar-refractivity contribution in [1.29, 1.82) is 0 Å². The van der Waals surface area contributed by atoms with Gasteiger partial charge in [-0.15, -0.1) is 0 Å². The fourth-order valence-electron chi connectivity index (χ4n) is 3.44. The highest BCUT2D eigenvalue weighted by molar-refractivity contribution is 6.31. The number of rotatable bonds is 10. The van der Waals surface area contributed by atoms with E-state index in [1.54, 1.807) is 20.1 Å². The molecular weight excluding hydrogens is 442 g/mol. The van der Waals surface area contributed by atoms with Crippen LogP contribution in [0.4, 0.5) is 11.5 Å². The van der Waals surface area contributed by atoms with Crippen LogP contribution in [0.25, 0.3) is 10.9 Å². The second kappa shape index (κ2) is 10.8. The van der Waals surface area contributed by atoms with Gasteiger partial charge >= 0.3 is 0 Å². The molecule has 0 amide bonds. The van der Waals surface area contributed by atoms with Crippen LogP contribution in [0.15, 0.2) is 30.6 Å². The lowest BCUT2D eigenvalue weighted by Crippen LogP contribution is -2.34. The summed E-state index contributed by atoms with van der Waals surface area (Å²) in [5.41, 5.74) is 9.04. The number of carbonyl (C=O) groups is 1. The molecule has 1 heterocycles. The Morgan fingerprint density at radius 3 is 2.67 bits per heavy atom. The average molecular weight is 472 g/mol. The van der Waals surface area contributed by atoms with Gasteiger partial charge in [0.25, 0.3) is 0 Å². The van der Waals surface area contributed by atoms with E-state index in [4.69, 9.17) is 26.8 Å². The maximum Gasteiger partial charge on any atom is 0.162 e. The van der Waals surface area contributed by atoms with Crippen molar-refractivity contribution in [1.82, 2.24) is 14.9 Å². The van der Waals surface area contributed by atoms with Gasteiger partial charge in [-0.3, -0.25) is 9.69 Å². The largest absolute Gasteiger partial charge is 0.493 e. The Hall–Kier alpha value is -2.94. The van der Waals surface area contributed by atoms with Gasteiger partial charge in [-0.25, -0.2) is 9.97 Å². The molecule has 3 rings (SSSR count). The van der Waals surface area contributed by atoms with Crippen LogP contribution < -0.4 is 20.5 Å². The number of likely N-dealkylation sites (N-methyl/N-ethyl adjacent to an activating group) is 1. The zero-order valence-corrected chi connectivity index (χ0v) is 20.4. The summed E-state index contributed by atoms with van der Waals surface area (Å²) >= 11 is 6.45. The first-order valence-electron chi connectivity index (χ1n) is 10.7. The van der Waals surface area contributed by atoms with E-state index in [1.165, 1.54) is 6.33 Å². The minimum absolute atomic E-state index is 0.110. The molecule has 33 heavy (non-hydrogen) atoms. The SMILES string of the molecule is COc1cc2ncnc(Nc3cc(Cl)c(C)cc3CN(C)C(C)C(C)=O)c2cc1OCCN. The fourth-order valence-corrected chi connectivity index (χ4v) is 3.60. The van der Waals surface area contributed by atoms with Crippen LogP contribution in [0, 0.1) is 6.92 Å². The molecule has 3 N–H and O–H groups in total. The molecule has 0 saturated carbocycles. The molecule has 0 fully saturated rings. The summed E-state index contributed by atoms with van der Waals surface area (Å²) < 4.78 is 11.2. The molecule has 9 heteroatoms. The summed E-state index contributed by atoms with van der Waals surface area (Å²) in [4.78, 5) is 22.7. The van der Waals surface area contributed by atoms with Crippen molar-refractivity contribution >= 4 is 39.8 Å². The van der Waals surface area contributed by atoms with Gasteiger partial charge in [0.05, 0.1) is 18.7 Å². The van der Waals surface area contributed by atoms with Gasteiger partial charge < -0.3 is 20.5 Å². The summed E-state index contributed by atoms with van der Waals surface area (Å²) in [6.07, 6.45) is 1.49. The number of aromatic nitrogens is 2. The van der Waals surface area contributed by atoms with Gasteiger partial charge in [-0.05, 0) is 51.1 Å². The van der Waals surface area contributed by atoms with E-state index in [2.05, 4.69) is 15.3 Å². The molecule has 3 aromatic rings. The first-order chi connectivity index (χ1) is 15.7. The van der Waals surface area contributed by atoms with E-state index in [-0.39, 0.29) is 11.8 Å². The third-order valence-corrected chi connectivity index (χ3v) is 6.01. The number of fused-ring (bicyclic) bond motifs is 1. The van der Waals surface area contributed by atoms with Crippen molar-refractivity contribution in [3.63, 3.8) is 0 Å². The number of nitrogens with one attached hydrogen (secondary N) is 1. The molecule has 1 aromatic heterocycles. The number of nitrogens with two attached hydrogens (primary N) is 1. The van der Waals surface area contributed by atoms with Crippen LogP contribution in [0.1, 0.15) is 25.0 Å². The average Bonchev–Trinajstić information content (AvgIpc) is 2.79. The highest BCUT2D eigenvalue weighted by atomic mass is 35.5. The molecule has 2 aromatic carbocycles. The second-order valence-electron chi connectivity index (χ2n) is 7.96. The van der Waals surface area contributed by atoms with Crippen LogP contribution >= 0.6 is 11.6 Å². The number of anilines is 2. The summed E-state index contributed by atoms with van der Waals surface area (Å²) in [6, 6.07) is 7.34. The monoisotopic (exact) mass is 471 g/mol. The number of benzene rings is 2. The quantitative estimate of drug-likeness (QED) is 0.455. The van der Waals surface area contributed by atoms with Crippen molar-refractivity contribution in [2.24, 2.45) is 5.73 Å². The van der Waals surface area contributed by atoms with Crippen molar-refractivity contribution in [3.8, 4) is 11.5 Å². The number of ether oxygens (including phenoxy) is 2. The highest BCUT2D eigenvalue weighted by Crippen LogP contribution is 2.36. The minimum Gasteiger partial charge on any atom is -0.493 e. The second-order valence-corrected chi connectivity index (χ2v) is 8.37. The van der Waals surface area contributed by atoms with E-state index in [0.29, 0.717) is 47.6 Å². The third kappa shape index (κ3) is 5.71. The van der Waals surface area contributed by atoms with E-state index < -0.39 is 0 Å². The topological polar surface area (TPSA) is 103 Å². The molecule has 176 valence electrons. The number of halogens is 1. The number of ketones is 1. The first-order valence-corrected chi connectivity index (χ1v) is 11.0.